The van der Waals surface area contributed by atoms with Gasteiger partial charge in [0, 0.05) is 16.2 Å². The number of carbonyl (C=O) groups excluding carboxylic acids is 1. The van der Waals surface area contributed by atoms with Gasteiger partial charge in [0.1, 0.15) is 5.82 Å². The van der Waals surface area contributed by atoms with Crippen molar-refractivity contribution in [2.75, 3.05) is 20.1 Å². The van der Waals surface area contributed by atoms with Gasteiger partial charge in [0.05, 0.1) is 5.56 Å². The van der Waals surface area contributed by atoms with E-state index in [1.807, 2.05) is 22.6 Å². The number of benzene rings is 1. The van der Waals surface area contributed by atoms with Crippen molar-refractivity contribution in [3.05, 3.63) is 33.1 Å². The van der Waals surface area contributed by atoms with Gasteiger partial charge in [-0.25, -0.2) is 4.39 Å². The summed E-state index contributed by atoms with van der Waals surface area (Å²) in [5.74, 6) is -0.434. The number of amides is 1. The molecule has 1 aromatic rings. The first kappa shape index (κ1) is 14.7. The van der Waals surface area contributed by atoms with Crippen LogP contribution in [0.25, 0.3) is 0 Å². The second-order valence-corrected chi connectivity index (χ2v) is 6.13. The molecule has 1 heterocycles. The fraction of sp³-hybridized carbons (Fsp3) is 0.500. The van der Waals surface area contributed by atoms with Crippen LogP contribution in [0, 0.1) is 9.39 Å². The number of rotatable bonds is 3. The van der Waals surface area contributed by atoms with Gasteiger partial charge in [0.15, 0.2) is 0 Å². The van der Waals surface area contributed by atoms with Crippen molar-refractivity contribution >= 4 is 28.5 Å². The standard InChI is InChI=1S/C14H18FIN2O/c1-18-7-3-2-4-11(18)9-17-14(19)12-6-5-10(15)8-13(12)16/h5-6,8,11H,2-4,7,9H2,1H3,(H,17,19). The summed E-state index contributed by atoms with van der Waals surface area (Å²) in [5.41, 5.74) is 0.542. The molecule has 0 aromatic heterocycles. The molecule has 1 atom stereocenters. The van der Waals surface area contributed by atoms with Crippen molar-refractivity contribution in [2.45, 2.75) is 25.3 Å². The van der Waals surface area contributed by atoms with Crippen LogP contribution in [-0.4, -0.2) is 37.0 Å². The van der Waals surface area contributed by atoms with Crippen LogP contribution < -0.4 is 5.32 Å². The lowest BCUT2D eigenvalue weighted by Crippen LogP contribution is -2.44. The fourth-order valence-electron chi connectivity index (χ4n) is 2.38. The van der Waals surface area contributed by atoms with Gasteiger partial charge >= 0.3 is 0 Å². The lowest BCUT2D eigenvalue weighted by Gasteiger charge is -2.32. The Kier molecular flexibility index (Phi) is 5.15. The van der Waals surface area contributed by atoms with Crippen LogP contribution in [0.3, 0.4) is 0 Å². The third-order valence-electron chi connectivity index (χ3n) is 3.60. The molecule has 0 saturated carbocycles. The molecule has 1 amide bonds. The predicted octanol–water partition coefficient (Wildman–Crippen LogP) is 2.64. The summed E-state index contributed by atoms with van der Waals surface area (Å²) in [7, 11) is 2.09. The molecule has 1 unspecified atom stereocenters. The van der Waals surface area contributed by atoms with Gasteiger partial charge in [-0.2, -0.15) is 0 Å². The summed E-state index contributed by atoms with van der Waals surface area (Å²) < 4.78 is 13.6. The molecule has 0 radical (unpaired) electrons. The van der Waals surface area contributed by atoms with E-state index in [-0.39, 0.29) is 11.7 Å². The number of nitrogens with zero attached hydrogens (tertiary/aromatic N) is 1. The Labute approximate surface area is 126 Å². The van der Waals surface area contributed by atoms with Crippen LogP contribution in [0.5, 0.6) is 0 Å². The monoisotopic (exact) mass is 376 g/mol. The van der Waals surface area contributed by atoms with Crippen molar-refractivity contribution in [1.29, 1.82) is 0 Å². The van der Waals surface area contributed by atoms with Crippen LogP contribution in [0.1, 0.15) is 29.6 Å². The summed E-state index contributed by atoms with van der Waals surface area (Å²) in [4.78, 5) is 14.4. The highest BCUT2D eigenvalue weighted by Gasteiger charge is 2.20. The zero-order valence-electron chi connectivity index (χ0n) is 11.0. The first-order valence-corrected chi connectivity index (χ1v) is 7.59. The first-order chi connectivity index (χ1) is 9.08. The number of carbonyl (C=O) groups is 1. The van der Waals surface area contributed by atoms with Crippen molar-refractivity contribution < 1.29 is 9.18 Å². The van der Waals surface area contributed by atoms with Crippen molar-refractivity contribution in [3.63, 3.8) is 0 Å². The second-order valence-electron chi connectivity index (χ2n) is 4.96. The molecule has 1 fully saturated rings. The predicted molar refractivity (Wildman–Crippen MR) is 81.7 cm³/mol. The van der Waals surface area contributed by atoms with E-state index in [4.69, 9.17) is 0 Å². The third-order valence-corrected chi connectivity index (χ3v) is 4.49. The number of likely N-dealkylation sites (tertiary alicyclic amines) is 1. The lowest BCUT2D eigenvalue weighted by atomic mass is 10.0. The summed E-state index contributed by atoms with van der Waals surface area (Å²) >= 11 is 1.99. The minimum Gasteiger partial charge on any atom is -0.350 e. The second kappa shape index (κ2) is 6.65. The summed E-state index contributed by atoms with van der Waals surface area (Å²) in [6.07, 6.45) is 3.58. The van der Waals surface area contributed by atoms with Gasteiger partial charge in [0.25, 0.3) is 5.91 Å². The summed E-state index contributed by atoms with van der Waals surface area (Å²) in [6.45, 7) is 1.75. The van der Waals surface area contributed by atoms with Crippen molar-refractivity contribution in [3.8, 4) is 0 Å². The topological polar surface area (TPSA) is 32.3 Å². The van der Waals surface area contributed by atoms with E-state index in [0.29, 0.717) is 21.7 Å². The Bertz CT molecular complexity index is 467. The van der Waals surface area contributed by atoms with Crippen LogP contribution in [-0.2, 0) is 0 Å². The minimum absolute atomic E-state index is 0.122. The summed E-state index contributed by atoms with van der Waals surface area (Å²) in [5, 5.41) is 2.95. The Balaban J connectivity index is 1.93. The smallest absolute Gasteiger partial charge is 0.252 e. The molecule has 2 rings (SSSR count). The molecule has 0 bridgehead atoms. The average molecular weight is 376 g/mol. The number of likely N-dealkylation sites (N-methyl/N-ethyl adjacent to an activating group) is 1. The van der Waals surface area contributed by atoms with Crippen LogP contribution in [0.2, 0.25) is 0 Å². The highest BCUT2D eigenvalue weighted by atomic mass is 127. The SMILES string of the molecule is CN1CCCCC1CNC(=O)c1ccc(F)cc1I. The van der Waals surface area contributed by atoms with Crippen molar-refractivity contribution in [1.82, 2.24) is 10.2 Å². The fourth-order valence-corrected chi connectivity index (χ4v) is 3.10. The molecule has 1 aliphatic rings. The summed E-state index contributed by atoms with van der Waals surface area (Å²) in [6, 6.07) is 4.65. The van der Waals surface area contributed by atoms with Crippen molar-refractivity contribution in [2.24, 2.45) is 0 Å². The molecule has 104 valence electrons. The highest BCUT2D eigenvalue weighted by Crippen LogP contribution is 2.16. The quantitative estimate of drug-likeness (QED) is 0.823. The maximum absolute atomic E-state index is 13.0. The highest BCUT2D eigenvalue weighted by molar-refractivity contribution is 14.1. The molecule has 1 aromatic carbocycles. The van der Waals surface area contributed by atoms with E-state index in [1.165, 1.54) is 31.0 Å². The lowest BCUT2D eigenvalue weighted by molar-refractivity contribution is 0.0927. The maximum atomic E-state index is 13.0. The van der Waals surface area contributed by atoms with Gasteiger partial charge in [-0.15, -0.1) is 0 Å². The molecule has 1 saturated heterocycles. The Morgan fingerprint density at radius 1 is 1.53 bits per heavy atom. The van der Waals surface area contributed by atoms with E-state index in [9.17, 15) is 9.18 Å². The van der Waals surface area contributed by atoms with Crippen LogP contribution in [0.15, 0.2) is 18.2 Å². The Hall–Kier alpha value is -0.690. The molecule has 0 spiro atoms. The number of hydrogen-bond donors (Lipinski definition) is 1. The van der Waals surface area contributed by atoms with E-state index in [1.54, 1.807) is 0 Å². The van der Waals surface area contributed by atoms with Crippen LogP contribution >= 0.6 is 22.6 Å². The Morgan fingerprint density at radius 3 is 3.00 bits per heavy atom. The molecule has 0 aliphatic carbocycles. The number of nitrogens with one attached hydrogen (secondary N) is 1. The molecule has 19 heavy (non-hydrogen) atoms. The minimum atomic E-state index is -0.312. The van der Waals surface area contributed by atoms with E-state index >= 15 is 0 Å². The van der Waals surface area contributed by atoms with Crippen LogP contribution in [0.4, 0.5) is 4.39 Å². The van der Waals surface area contributed by atoms with Gasteiger partial charge in [-0.1, -0.05) is 6.42 Å². The average Bonchev–Trinajstić information content (AvgIpc) is 2.37. The molecule has 1 aliphatic heterocycles. The first-order valence-electron chi connectivity index (χ1n) is 6.51. The number of halogens is 2. The molecular weight excluding hydrogens is 358 g/mol. The van der Waals surface area contributed by atoms with Gasteiger partial charge in [-0.3, -0.25) is 4.79 Å². The van der Waals surface area contributed by atoms with E-state index in [0.717, 1.165) is 13.0 Å². The molecule has 1 N–H and O–H groups in total. The third kappa shape index (κ3) is 3.89. The molecule has 3 nitrogen and oxygen atoms in total. The normalized spacial score (nSPS) is 20.3. The maximum Gasteiger partial charge on any atom is 0.252 e. The molecule has 5 heteroatoms. The largest absolute Gasteiger partial charge is 0.350 e. The van der Waals surface area contributed by atoms with Gasteiger partial charge in [0.2, 0.25) is 0 Å². The Morgan fingerprint density at radius 2 is 2.32 bits per heavy atom. The zero-order valence-corrected chi connectivity index (χ0v) is 13.1. The van der Waals surface area contributed by atoms with E-state index < -0.39 is 0 Å². The molecular formula is C14H18FIN2O. The van der Waals surface area contributed by atoms with E-state index in [2.05, 4.69) is 17.3 Å². The number of piperidine rings is 1. The van der Waals surface area contributed by atoms with Gasteiger partial charge in [-0.05, 0) is 67.2 Å². The zero-order chi connectivity index (χ0) is 13.8. The van der Waals surface area contributed by atoms with Gasteiger partial charge < -0.3 is 10.2 Å². The number of hydrogen-bond acceptors (Lipinski definition) is 2.